The lowest BCUT2D eigenvalue weighted by Crippen LogP contribution is -2.42. The van der Waals surface area contributed by atoms with Crippen LogP contribution in [-0.2, 0) is 9.59 Å². The molecule has 0 aliphatic carbocycles. The van der Waals surface area contributed by atoms with Gasteiger partial charge in [-0.25, -0.2) is 0 Å². The molecular weight excluding hydrogens is 368 g/mol. The zero-order chi connectivity index (χ0) is 19.2. The number of thioether (sulfide) groups is 1. The van der Waals surface area contributed by atoms with E-state index in [1.54, 1.807) is 6.08 Å². The molecule has 1 N–H and O–H groups in total. The van der Waals surface area contributed by atoms with E-state index in [9.17, 15) is 9.59 Å². The molecular formula is C19H20N2O3S2. The second-order valence-electron chi connectivity index (χ2n) is 6.98. The van der Waals surface area contributed by atoms with Crippen molar-refractivity contribution in [2.75, 3.05) is 18.5 Å². The number of anilines is 1. The number of fused-ring (bicyclic) bond motifs is 1. The summed E-state index contributed by atoms with van der Waals surface area (Å²) in [4.78, 5) is 27.1. The minimum atomic E-state index is -1.08. The van der Waals surface area contributed by atoms with E-state index in [-0.39, 0.29) is 15.8 Å². The van der Waals surface area contributed by atoms with E-state index >= 15 is 0 Å². The fourth-order valence-corrected chi connectivity index (χ4v) is 4.44. The molecule has 1 saturated heterocycles. The van der Waals surface area contributed by atoms with Gasteiger partial charge in [0.15, 0.2) is 0 Å². The second kappa shape index (κ2) is 6.55. The standard InChI is InChI=1S/C19H20N2O3S2/c1-11-9-19(2,3)20(4)14-6-5-12(7-13(11)14)8-15-17(24)21(10-16(22)23)18(25)26-15/h5-9H,10H2,1-4H3,(H,22,23)/b15-8-. The summed E-state index contributed by atoms with van der Waals surface area (Å²) in [6.45, 7) is 6.01. The van der Waals surface area contributed by atoms with E-state index in [0.29, 0.717) is 4.91 Å². The van der Waals surface area contributed by atoms with E-state index in [4.69, 9.17) is 17.3 Å². The molecule has 2 aliphatic rings. The fourth-order valence-electron chi connectivity index (χ4n) is 3.19. The van der Waals surface area contributed by atoms with Crippen molar-refractivity contribution in [3.63, 3.8) is 0 Å². The first-order valence-electron chi connectivity index (χ1n) is 8.15. The zero-order valence-corrected chi connectivity index (χ0v) is 16.7. The maximum atomic E-state index is 12.4. The lowest BCUT2D eigenvalue weighted by molar-refractivity contribution is -0.140. The largest absolute Gasteiger partial charge is 0.480 e. The number of carbonyl (C=O) groups excluding carboxylic acids is 1. The first-order chi connectivity index (χ1) is 12.1. The number of thiocarbonyl (C=S) groups is 1. The van der Waals surface area contributed by atoms with Gasteiger partial charge in [0, 0.05) is 18.3 Å². The van der Waals surface area contributed by atoms with Crippen LogP contribution in [0.15, 0.2) is 29.2 Å². The van der Waals surface area contributed by atoms with Gasteiger partial charge < -0.3 is 10.0 Å². The molecule has 3 rings (SSSR count). The van der Waals surface area contributed by atoms with Crippen molar-refractivity contribution in [3.05, 3.63) is 40.3 Å². The van der Waals surface area contributed by atoms with Crippen molar-refractivity contribution >= 4 is 57.5 Å². The smallest absolute Gasteiger partial charge is 0.323 e. The molecule has 2 heterocycles. The van der Waals surface area contributed by atoms with Crippen molar-refractivity contribution in [1.82, 2.24) is 4.90 Å². The van der Waals surface area contributed by atoms with Crippen molar-refractivity contribution in [2.24, 2.45) is 0 Å². The van der Waals surface area contributed by atoms with Gasteiger partial charge in [-0.1, -0.05) is 36.1 Å². The van der Waals surface area contributed by atoms with Gasteiger partial charge in [-0.15, -0.1) is 0 Å². The van der Waals surface area contributed by atoms with Crippen LogP contribution in [0.1, 0.15) is 31.9 Å². The highest BCUT2D eigenvalue weighted by Crippen LogP contribution is 2.39. The molecule has 0 atom stereocenters. The Morgan fingerprint density at radius 1 is 1.38 bits per heavy atom. The lowest BCUT2D eigenvalue weighted by atomic mass is 9.88. The Kier molecular flexibility index (Phi) is 4.71. The minimum Gasteiger partial charge on any atom is -0.480 e. The summed E-state index contributed by atoms with van der Waals surface area (Å²) < 4.78 is 0.277. The molecule has 1 aromatic rings. The molecule has 1 fully saturated rings. The Labute approximate surface area is 162 Å². The molecule has 1 amide bonds. The number of rotatable bonds is 3. The first-order valence-corrected chi connectivity index (χ1v) is 9.37. The van der Waals surface area contributed by atoms with Crippen LogP contribution in [-0.4, -0.2) is 45.3 Å². The minimum absolute atomic E-state index is 0.0577. The molecule has 26 heavy (non-hydrogen) atoms. The quantitative estimate of drug-likeness (QED) is 0.631. The number of carboxylic acids is 1. The maximum absolute atomic E-state index is 12.4. The number of carboxylic acid groups (broad SMARTS) is 1. The predicted octanol–water partition coefficient (Wildman–Crippen LogP) is 3.60. The molecule has 2 aliphatic heterocycles. The van der Waals surface area contributed by atoms with Gasteiger partial charge in [-0.2, -0.15) is 0 Å². The van der Waals surface area contributed by atoms with Crippen LogP contribution in [0.4, 0.5) is 5.69 Å². The Hall–Kier alpha value is -2.12. The highest BCUT2D eigenvalue weighted by atomic mass is 32.2. The third-order valence-electron chi connectivity index (χ3n) is 4.71. The fraction of sp³-hybridized carbons (Fsp3) is 0.316. The number of hydrogen-bond donors (Lipinski definition) is 1. The summed E-state index contributed by atoms with van der Waals surface area (Å²) in [5, 5.41) is 8.92. The van der Waals surface area contributed by atoms with Gasteiger partial charge in [0.1, 0.15) is 10.9 Å². The molecule has 0 aromatic heterocycles. The number of allylic oxidation sites excluding steroid dienone is 1. The Balaban J connectivity index is 1.94. The third kappa shape index (κ3) is 3.29. The second-order valence-corrected chi connectivity index (χ2v) is 8.65. The van der Waals surface area contributed by atoms with Gasteiger partial charge in [0.25, 0.3) is 5.91 Å². The molecule has 7 heteroatoms. The van der Waals surface area contributed by atoms with Crippen molar-refractivity contribution in [1.29, 1.82) is 0 Å². The Morgan fingerprint density at radius 3 is 2.73 bits per heavy atom. The average Bonchev–Trinajstić information content (AvgIpc) is 2.80. The molecule has 0 saturated carbocycles. The zero-order valence-electron chi connectivity index (χ0n) is 15.1. The molecule has 0 radical (unpaired) electrons. The average molecular weight is 389 g/mol. The number of benzene rings is 1. The topological polar surface area (TPSA) is 60.9 Å². The monoisotopic (exact) mass is 388 g/mol. The highest BCUT2D eigenvalue weighted by molar-refractivity contribution is 8.26. The summed E-state index contributed by atoms with van der Waals surface area (Å²) >= 11 is 6.27. The molecule has 1 aromatic carbocycles. The van der Waals surface area contributed by atoms with Crippen molar-refractivity contribution < 1.29 is 14.7 Å². The van der Waals surface area contributed by atoms with Crippen molar-refractivity contribution in [2.45, 2.75) is 26.3 Å². The summed E-state index contributed by atoms with van der Waals surface area (Å²) in [5.41, 5.74) is 4.29. The number of carbonyl (C=O) groups is 2. The van der Waals surface area contributed by atoms with E-state index < -0.39 is 12.5 Å². The molecule has 0 spiro atoms. The summed E-state index contributed by atoms with van der Waals surface area (Å²) in [6.07, 6.45) is 4.00. The van der Waals surface area contributed by atoms with E-state index in [1.165, 1.54) is 5.57 Å². The van der Waals surface area contributed by atoms with Gasteiger partial charge in [0.2, 0.25) is 0 Å². The number of likely N-dealkylation sites (N-methyl/N-ethyl adjacent to an activating group) is 1. The summed E-state index contributed by atoms with van der Waals surface area (Å²) in [6, 6.07) is 6.07. The number of amides is 1. The Morgan fingerprint density at radius 2 is 2.08 bits per heavy atom. The van der Waals surface area contributed by atoms with Gasteiger partial charge in [-0.3, -0.25) is 14.5 Å². The van der Waals surface area contributed by atoms with Crippen LogP contribution < -0.4 is 4.90 Å². The SMILES string of the molecule is CC1=CC(C)(C)N(C)c2ccc(/C=C3\SC(=S)N(CC(=O)O)C3=O)cc21. The number of nitrogens with zero attached hydrogens (tertiary/aromatic N) is 2. The Bertz CT molecular complexity index is 887. The normalized spacial score (nSPS) is 20.5. The summed E-state index contributed by atoms with van der Waals surface area (Å²) in [5.74, 6) is -1.44. The van der Waals surface area contributed by atoms with Gasteiger partial charge in [-0.05, 0) is 50.1 Å². The van der Waals surface area contributed by atoms with Crippen LogP contribution >= 0.6 is 24.0 Å². The predicted molar refractivity (Wildman–Crippen MR) is 110 cm³/mol. The third-order valence-corrected chi connectivity index (χ3v) is 6.08. The summed E-state index contributed by atoms with van der Waals surface area (Å²) in [7, 11) is 2.07. The molecule has 136 valence electrons. The van der Waals surface area contributed by atoms with Gasteiger partial charge in [0.05, 0.1) is 10.4 Å². The molecule has 0 unspecified atom stereocenters. The highest BCUT2D eigenvalue weighted by Gasteiger charge is 2.33. The van der Waals surface area contributed by atoms with Crippen LogP contribution in [0.3, 0.4) is 0 Å². The number of hydrogen-bond acceptors (Lipinski definition) is 5. The van der Waals surface area contributed by atoms with E-state index in [1.807, 2.05) is 6.07 Å². The first kappa shape index (κ1) is 18.7. The van der Waals surface area contributed by atoms with Crippen LogP contribution in [0.2, 0.25) is 0 Å². The van der Waals surface area contributed by atoms with E-state index in [0.717, 1.165) is 33.5 Å². The van der Waals surface area contributed by atoms with Gasteiger partial charge >= 0.3 is 5.97 Å². The van der Waals surface area contributed by atoms with Crippen LogP contribution in [0, 0.1) is 0 Å². The lowest BCUT2D eigenvalue weighted by Gasteiger charge is -2.40. The maximum Gasteiger partial charge on any atom is 0.323 e. The molecule has 5 nitrogen and oxygen atoms in total. The van der Waals surface area contributed by atoms with Crippen LogP contribution in [0.5, 0.6) is 0 Å². The number of aliphatic carboxylic acids is 1. The van der Waals surface area contributed by atoms with E-state index in [2.05, 4.69) is 50.9 Å². The van der Waals surface area contributed by atoms with Crippen molar-refractivity contribution in [3.8, 4) is 0 Å². The van der Waals surface area contributed by atoms with Crippen LogP contribution in [0.25, 0.3) is 11.6 Å². The molecule has 0 bridgehead atoms.